The van der Waals surface area contributed by atoms with E-state index in [1.54, 1.807) is 23.4 Å². The van der Waals surface area contributed by atoms with E-state index in [-0.39, 0.29) is 12.0 Å². The van der Waals surface area contributed by atoms with Crippen molar-refractivity contribution in [2.75, 3.05) is 13.1 Å². The van der Waals surface area contributed by atoms with E-state index >= 15 is 0 Å². The van der Waals surface area contributed by atoms with Crippen LogP contribution < -0.4 is 4.74 Å². The zero-order chi connectivity index (χ0) is 17.1. The number of rotatable bonds is 4. The topological polar surface area (TPSA) is 55.3 Å². The second kappa shape index (κ2) is 7.68. The molecule has 2 aromatic heterocycles. The van der Waals surface area contributed by atoms with E-state index in [1.807, 2.05) is 6.92 Å². The molecule has 0 radical (unpaired) electrons. The normalized spacial score (nSPS) is 17.8. The number of aromatic nitrogens is 2. The van der Waals surface area contributed by atoms with E-state index in [2.05, 4.69) is 9.97 Å². The van der Waals surface area contributed by atoms with E-state index in [1.165, 1.54) is 11.3 Å². The molecule has 8 heteroatoms. The zero-order valence-corrected chi connectivity index (χ0v) is 15.5. The van der Waals surface area contributed by atoms with Gasteiger partial charge in [0.15, 0.2) is 0 Å². The largest absolute Gasteiger partial charge is 0.458 e. The summed E-state index contributed by atoms with van der Waals surface area (Å²) >= 11 is 13.2. The molecular weight excluding hydrogens is 369 g/mol. The first kappa shape index (κ1) is 17.5. The Labute approximate surface area is 154 Å². The van der Waals surface area contributed by atoms with Crippen LogP contribution in [-0.4, -0.2) is 40.0 Å². The van der Waals surface area contributed by atoms with Gasteiger partial charge in [-0.1, -0.05) is 30.1 Å². The summed E-state index contributed by atoms with van der Waals surface area (Å²) < 4.78 is 6.77. The van der Waals surface area contributed by atoms with Crippen molar-refractivity contribution in [3.63, 3.8) is 0 Å². The quantitative estimate of drug-likeness (QED) is 0.794. The van der Waals surface area contributed by atoms with Gasteiger partial charge in [0.25, 0.3) is 5.91 Å². The maximum Gasteiger partial charge on any atom is 0.316 e. The third-order valence-electron chi connectivity index (χ3n) is 3.91. The average Bonchev–Trinajstić information content (AvgIpc) is 2.93. The third-order valence-corrected chi connectivity index (χ3v) is 5.40. The number of thiophene rings is 1. The fourth-order valence-corrected chi connectivity index (χ4v) is 4.06. The van der Waals surface area contributed by atoms with Crippen molar-refractivity contribution in [3.05, 3.63) is 38.3 Å². The summed E-state index contributed by atoms with van der Waals surface area (Å²) in [6, 6.07) is 1.97. The van der Waals surface area contributed by atoms with Crippen LogP contribution in [0, 0.1) is 0 Å². The van der Waals surface area contributed by atoms with Gasteiger partial charge in [-0.05, 0) is 30.9 Å². The highest BCUT2D eigenvalue weighted by atomic mass is 35.5. The number of piperidine rings is 1. The van der Waals surface area contributed by atoms with Crippen LogP contribution in [0.1, 0.15) is 35.7 Å². The summed E-state index contributed by atoms with van der Waals surface area (Å²) in [5.74, 6) is -0.112. The van der Waals surface area contributed by atoms with Gasteiger partial charge in [0.1, 0.15) is 10.4 Å². The Kier molecular flexibility index (Phi) is 5.58. The molecule has 0 aliphatic carbocycles. The molecule has 0 saturated carbocycles. The highest BCUT2D eigenvalue weighted by Crippen LogP contribution is 2.32. The predicted octanol–water partition coefficient (Wildman–Crippen LogP) is 4.09. The SMILES string of the molecule is CCc1cnc(OC2CCCN(C(=O)c3cc(Cl)sc3Cl)C2)nc1. The number of ether oxygens (including phenoxy) is 1. The molecule has 3 heterocycles. The van der Waals surface area contributed by atoms with Crippen molar-refractivity contribution in [3.8, 4) is 6.01 Å². The second-order valence-corrected chi connectivity index (χ2v) is 7.88. The number of halogens is 2. The van der Waals surface area contributed by atoms with Crippen LogP contribution in [-0.2, 0) is 6.42 Å². The maximum absolute atomic E-state index is 12.6. The standard InChI is InChI=1S/C16H17Cl2N3O2S/c1-2-10-7-19-16(20-8-10)23-11-4-3-5-21(9-11)15(22)12-6-13(17)24-14(12)18/h6-8,11H,2-5,9H2,1H3. The Morgan fingerprint density at radius 1 is 1.42 bits per heavy atom. The monoisotopic (exact) mass is 385 g/mol. The van der Waals surface area contributed by atoms with E-state index in [9.17, 15) is 4.79 Å². The minimum atomic E-state index is -0.122. The Morgan fingerprint density at radius 2 is 2.17 bits per heavy atom. The van der Waals surface area contributed by atoms with Crippen LogP contribution in [0.4, 0.5) is 0 Å². The molecule has 128 valence electrons. The molecule has 1 unspecified atom stereocenters. The van der Waals surface area contributed by atoms with Crippen LogP contribution in [0.25, 0.3) is 0 Å². The Bertz CT molecular complexity index is 721. The highest BCUT2D eigenvalue weighted by molar-refractivity contribution is 7.20. The molecule has 0 aromatic carbocycles. The first-order valence-electron chi connectivity index (χ1n) is 7.78. The predicted molar refractivity (Wildman–Crippen MR) is 95.3 cm³/mol. The van der Waals surface area contributed by atoms with Gasteiger partial charge >= 0.3 is 6.01 Å². The van der Waals surface area contributed by atoms with Gasteiger partial charge in [-0.15, -0.1) is 11.3 Å². The Hall–Kier alpha value is -1.37. The molecule has 1 saturated heterocycles. The van der Waals surface area contributed by atoms with Gasteiger partial charge in [-0.2, -0.15) is 0 Å². The minimum absolute atomic E-state index is 0.112. The van der Waals surface area contributed by atoms with Crippen LogP contribution in [0.3, 0.4) is 0 Å². The molecule has 0 N–H and O–H groups in total. The lowest BCUT2D eigenvalue weighted by molar-refractivity contribution is 0.0516. The Morgan fingerprint density at radius 3 is 2.79 bits per heavy atom. The fraction of sp³-hybridized carbons (Fsp3) is 0.438. The number of carbonyl (C=O) groups is 1. The summed E-state index contributed by atoms with van der Waals surface area (Å²) in [4.78, 5) is 22.8. The van der Waals surface area contributed by atoms with E-state index < -0.39 is 0 Å². The summed E-state index contributed by atoms with van der Waals surface area (Å²) in [5, 5.41) is 0. The van der Waals surface area contributed by atoms with E-state index in [4.69, 9.17) is 27.9 Å². The zero-order valence-electron chi connectivity index (χ0n) is 13.2. The molecule has 0 spiro atoms. The summed E-state index contributed by atoms with van der Waals surface area (Å²) in [5.41, 5.74) is 1.52. The minimum Gasteiger partial charge on any atom is -0.458 e. The highest BCUT2D eigenvalue weighted by Gasteiger charge is 2.28. The molecule has 1 amide bonds. The smallest absolute Gasteiger partial charge is 0.316 e. The lowest BCUT2D eigenvalue weighted by Gasteiger charge is -2.32. The van der Waals surface area contributed by atoms with Gasteiger partial charge in [0, 0.05) is 18.9 Å². The van der Waals surface area contributed by atoms with Crippen molar-refractivity contribution in [2.24, 2.45) is 0 Å². The Balaban J connectivity index is 1.65. The molecule has 1 aliphatic rings. The number of aryl methyl sites for hydroxylation is 1. The van der Waals surface area contributed by atoms with Crippen molar-refractivity contribution < 1.29 is 9.53 Å². The molecule has 1 atom stereocenters. The number of nitrogens with zero attached hydrogens (tertiary/aromatic N) is 3. The molecule has 2 aromatic rings. The van der Waals surface area contributed by atoms with E-state index in [0.717, 1.165) is 24.8 Å². The summed E-state index contributed by atoms with van der Waals surface area (Å²) in [6.07, 6.45) is 6.01. The summed E-state index contributed by atoms with van der Waals surface area (Å²) in [7, 11) is 0. The maximum atomic E-state index is 12.6. The number of carbonyl (C=O) groups excluding carboxylic acids is 1. The number of likely N-dealkylation sites (tertiary alicyclic amines) is 1. The second-order valence-electron chi connectivity index (χ2n) is 5.60. The first-order chi connectivity index (χ1) is 11.6. The number of hydrogen-bond donors (Lipinski definition) is 0. The first-order valence-corrected chi connectivity index (χ1v) is 9.35. The van der Waals surface area contributed by atoms with Gasteiger partial charge in [0.2, 0.25) is 0 Å². The number of amides is 1. The van der Waals surface area contributed by atoms with Crippen LogP contribution >= 0.6 is 34.5 Å². The fourth-order valence-electron chi connectivity index (χ4n) is 2.61. The molecule has 5 nitrogen and oxygen atoms in total. The van der Waals surface area contributed by atoms with Gasteiger partial charge < -0.3 is 9.64 Å². The molecule has 0 bridgehead atoms. The van der Waals surface area contributed by atoms with Crippen LogP contribution in [0.15, 0.2) is 18.5 Å². The van der Waals surface area contributed by atoms with Gasteiger partial charge in [-0.25, -0.2) is 9.97 Å². The number of hydrogen-bond acceptors (Lipinski definition) is 5. The van der Waals surface area contributed by atoms with Gasteiger partial charge in [0.05, 0.1) is 16.4 Å². The average molecular weight is 386 g/mol. The van der Waals surface area contributed by atoms with Crippen molar-refractivity contribution >= 4 is 40.4 Å². The lowest BCUT2D eigenvalue weighted by atomic mass is 10.1. The summed E-state index contributed by atoms with van der Waals surface area (Å²) in [6.45, 7) is 3.21. The van der Waals surface area contributed by atoms with Crippen molar-refractivity contribution in [1.29, 1.82) is 0 Å². The third kappa shape index (κ3) is 3.99. The molecule has 3 rings (SSSR count). The molecule has 24 heavy (non-hydrogen) atoms. The van der Waals surface area contributed by atoms with Gasteiger partial charge in [-0.3, -0.25) is 4.79 Å². The van der Waals surface area contributed by atoms with Crippen LogP contribution in [0.2, 0.25) is 8.67 Å². The van der Waals surface area contributed by atoms with Crippen LogP contribution in [0.5, 0.6) is 6.01 Å². The van der Waals surface area contributed by atoms with Crippen molar-refractivity contribution in [1.82, 2.24) is 14.9 Å². The van der Waals surface area contributed by atoms with E-state index in [0.29, 0.717) is 33.3 Å². The molecule has 1 fully saturated rings. The van der Waals surface area contributed by atoms with Crippen molar-refractivity contribution in [2.45, 2.75) is 32.3 Å². The molecular formula is C16H17Cl2N3O2S. The molecule has 1 aliphatic heterocycles. The lowest BCUT2D eigenvalue weighted by Crippen LogP contribution is -2.44.